The highest BCUT2D eigenvalue weighted by Crippen LogP contribution is 2.43. The number of fused-ring (bicyclic) bond motifs is 1. The molecule has 0 bridgehead atoms. The number of amides is 2. The molecule has 1 aromatic heterocycles. The molecular formula is C18H16Cl2N4O3S. The van der Waals surface area contributed by atoms with Crippen LogP contribution >= 0.6 is 35.0 Å². The Labute approximate surface area is 175 Å². The van der Waals surface area contributed by atoms with Gasteiger partial charge in [0.15, 0.2) is 5.82 Å². The first kappa shape index (κ1) is 19.3. The molecule has 1 saturated heterocycles. The summed E-state index contributed by atoms with van der Waals surface area (Å²) < 4.78 is 5.26. The number of halogens is 2. The van der Waals surface area contributed by atoms with Crippen LogP contribution in [-0.2, 0) is 16.0 Å². The topological polar surface area (TPSA) is 88.3 Å². The molecule has 0 radical (unpaired) electrons. The summed E-state index contributed by atoms with van der Waals surface area (Å²) in [5, 5.41) is 7.25. The smallest absolute Gasteiger partial charge is 0.274 e. The quantitative estimate of drug-likeness (QED) is 0.737. The molecule has 0 aliphatic carbocycles. The third-order valence-electron chi connectivity index (χ3n) is 4.55. The summed E-state index contributed by atoms with van der Waals surface area (Å²) in [4.78, 5) is 31.1. The lowest BCUT2D eigenvalue weighted by Crippen LogP contribution is -2.69. The van der Waals surface area contributed by atoms with Crippen molar-refractivity contribution in [1.82, 2.24) is 20.4 Å². The Hall–Kier alpha value is -2.03. The molecule has 2 aromatic rings. The second-order valence-corrected chi connectivity index (χ2v) is 8.58. The number of nitrogens with one attached hydrogen (secondary N) is 1. The Kier molecular flexibility index (Phi) is 5.11. The van der Waals surface area contributed by atoms with E-state index in [0.717, 1.165) is 11.1 Å². The van der Waals surface area contributed by atoms with Crippen molar-refractivity contribution in [2.24, 2.45) is 0 Å². The van der Waals surface area contributed by atoms with Crippen LogP contribution in [0.5, 0.6) is 0 Å². The first-order valence-electron chi connectivity index (χ1n) is 8.53. The fourth-order valence-corrected chi connectivity index (χ4v) is 4.84. The Morgan fingerprint density at radius 2 is 2.14 bits per heavy atom. The standard InChI is InChI=1S/C18H16Cl2N4O3S/c1-8-7-28-18-14(17(26)24(18)15(8)16-21-9(2)23-27-16)22-13(25)6-10-3-4-11(19)12(20)5-10/h3-5,14,18H,6-7H2,1-2H3,(H,22,25)/t14-,18-/m1/s1. The first-order valence-corrected chi connectivity index (χ1v) is 10.3. The van der Waals surface area contributed by atoms with Gasteiger partial charge in [0.1, 0.15) is 17.1 Å². The van der Waals surface area contributed by atoms with Gasteiger partial charge in [0.25, 0.3) is 11.8 Å². The average Bonchev–Trinajstić information content (AvgIpc) is 3.08. The summed E-state index contributed by atoms with van der Waals surface area (Å²) >= 11 is 13.5. The third-order valence-corrected chi connectivity index (χ3v) is 6.72. The molecule has 0 spiro atoms. The molecule has 2 aliphatic heterocycles. The van der Waals surface area contributed by atoms with Crippen LogP contribution in [0.2, 0.25) is 10.0 Å². The summed E-state index contributed by atoms with van der Waals surface area (Å²) in [6.45, 7) is 3.66. The van der Waals surface area contributed by atoms with E-state index in [0.29, 0.717) is 33.2 Å². The van der Waals surface area contributed by atoms with E-state index in [-0.39, 0.29) is 23.6 Å². The number of aryl methyl sites for hydroxylation is 1. The molecule has 0 unspecified atom stereocenters. The maximum Gasteiger partial charge on any atom is 0.274 e. The number of carbonyl (C=O) groups excluding carboxylic acids is 2. The van der Waals surface area contributed by atoms with Gasteiger partial charge in [-0.2, -0.15) is 4.98 Å². The summed E-state index contributed by atoms with van der Waals surface area (Å²) in [6.07, 6.45) is 0.114. The molecule has 2 atom stereocenters. The molecule has 1 aromatic carbocycles. The zero-order valence-electron chi connectivity index (χ0n) is 15.0. The molecular weight excluding hydrogens is 423 g/mol. The van der Waals surface area contributed by atoms with Gasteiger partial charge in [0.05, 0.1) is 16.5 Å². The molecule has 0 saturated carbocycles. The highest BCUT2D eigenvalue weighted by Gasteiger charge is 2.53. The Balaban J connectivity index is 1.46. The molecule has 3 heterocycles. The summed E-state index contributed by atoms with van der Waals surface area (Å²) in [5.41, 5.74) is 2.35. The van der Waals surface area contributed by atoms with Gasteiger partial charge in [-0.3, -0.25) is 14.5 Å². The van der Waals surface area contributed by atoms with Gasteiger partial charge < -0.3 is 9.84 Å². The highest BCUT2D eigenvalue weighted by molar-refractivity contribution is 8.00. The summed E-state index contributed by atoms with van der Waals surface area (Å²) in [6, 6.07) is 4.44. The van der Waals surface area contributed by atoms with Crippen molar-refractivity contribution in [3.8, 4) is 0 Å². The van der Waals surface area contributed by atoms with Crippen LogP contribution in [0.1, 0.15) is 24.2 Å². The number of nitrogens with zero attached hydrogens (tertiary/aromatic N) is 3. The van der Waals surface area contributed by atoms with E-state index in [1.165, 1.54) is 0 Å². The van der Waals surface area contributed by atoms with Crippen molar-refractivity contribution < 1.29 is 14.1 Å². The molecule has 1 fully saturated rings. The van der Waals surface area contributed by atoms with Gasteiger partial charge in [-0.25, -0.2) is 0 Å². The molecule has 10 heteroatoms. The van der Waals surface area contributed by atoms with Crippen LogP contribution in [0.25, 0.3) is 5.70 Å². The molecule has 4 rings (SSSR count). The van der Waals surface area contributed by atoms with Gasteiger partial charge in [0, 0.05) is 5.75 Å². The number of carbonyl (C=O) groups is 2. The maximum absolute atomic E-state index is 12.8. The van der Waals surface area contributed by atoms with E-state index in [2.05, 4.69) is 15.5 Å². The number of thioether (sulfide) groups is 1. The number of rotatable bonds is 4. The van der Waals surface area contributed by atoms with Crippen LogP contribution in [0, 0.1) is 6.92 Å². The number of hydrogen-bond donors (Lipinski definition) is 1. The zero-order chi connectivity index (χ0) is 20.0. The van der Waals surface area contributed by atoms with Crippen molar-refractivity contribution in [3.05, 3.63) is 51.1 Å². The van der Waals surface area contributed by atoms with E-state index < -0.39 is 6.04 Å². The van der Waals surface area contributed by atoms with E-state index >= 15 is 0 Å². The zero-order valence-corrected chi connectivity index (χ0v) is 17.4. The predicted octanol–water partition coefficient (Wildman–Crippen LogP) is 3.06. The lowest BCUT2D eigenvalue weighted by molar-refractivity contribution is -0.143. The SMILES string of the molecule is CC1=C(c2nc(C)no2)N2C(=O)[C@@H](NC(=O)Cc3ccc(Cl)c(Cl)c3)[C@H]2SC1. The van der Waals surface area contributed by atoms with Gasteiger partial charge >= 0.3 is 0 Å². The third kappa shape index (κ3) is 3.40. The normalized spacial score (nSPS) is 21.4. The lowest BCUT2D eigenvalue weighted by Gasteiger charge is -2.49. The fourth-order valence-electron chi connectivity index (χ4n) is 3.23. The van der Waals surface area contributed by atoms with Crippen LogP contribution in [0.4, 0.5) is 0 Å². The van der Waals surface area contributed by atoms with E-state index in [1.807, 2.05) is 6.92 Å². The first-order chi connectivity index (χ1) is 13.3. The van der Waals surface area contributed by atoms with E-state index in [9.17, 15) is 9.59 Å². The number of aromatic nitrogens is 2. The minimum atomic E-state index is -0.590. The Bertz CT molecular complexity index is 1010. The Morgan fingerprint density at radius 3 is 2.82 bits per heavy atom. The maximum atomic E-state index is 12.8. The molecule has 2 amide bonds. The molecule has 28 heavy (non-hydrogen) atoms. The molecule has 2 aliphatic rings. The predicted molar refractivity (Wildman–Crippen MR) is 107 cm³/mol. The minimum absolute atomic E-state index is 0.114. The van der Waals surface area contributed by atoms with Crippen LogP contribution < -0.4 is 5.32 Å². The van der Waals surface area contributed by atoms with Crippen molar-refractivity contribution in [1.29, 1.82) is 0 Å². The van der Waals surface area contributed by atoms with Crippen LogP contribution in [0.15, 0.2) is 28.3 Å². The second kappa shape index (κ2) is 7.42. The van der Waals surface area contributed by atoms with Crippen molar-refractivity contribution in [3.63, 3.8) is 0 Å². The molecule has 7 nitrogen and oxygen atoms in total. The highest BCUT2D eigenvalue weighted by atomic mass is 35.5. The monoisotopic (exact) mass is 438 g/mol. The summed E-state index contributed by atoms with van der Waals surface area (Å²) in [7, 11) is 0. The van der Waals surface area contributed by atoms with Gasteiger partial charge in [-0.05, 0) is 37.1 Å². The Morgan fingerprint density at radius 1 is 1.36 bits per heavy atom. The lowest BCUT2D eigenvalue weighted by atomic mass is 10.0. The van der Waals surface area contributed by atoms with Crippen molar-refractivity contribution >= 4 is 52.5 Å². The number of β-lactam (4-membered cyclic amide) rings is 1. The molecule has 146 valence electrons. The fraction of sp³-hybridized carbons (Fsp3) is 0.333. The number of benzene rings is 1. The number of hydrogen-bond acceptors (Lipinski definition) is 6. The van der Waals surface area contributed by atoms with Crippen molar-refractivity contribution in [2.45, 2.75) is 31.7 Å². The van der Waals surface area contributed by atoms with E-state index in [1.54, 1.807) is 41.8 Å². The summed E-state index contributed by atoms with van der Waals surface area (Å²) in [5.74, 6) is 1.10. The average molecular weight is 439 g/mol. The van der Waals surface area contributed by atoms with Crippen LogP contribution in [0.3, 0.4) is 0 Å². The van der Waals surface area contributed by atoms with Gasteiger partial charge in [0.2, 0.25) is 5.91 Å². The molecule has 1 N–H and O–H groups in total. The van der Waals surface area contributed by atoms with Gasteiger partial charge in [-0.1, -0.05) is 34.4 Å². The second-order valence-electron chi connectivity index (χ2n) is 6.66. The van der Waals surface area contributed by atoms with Crippen molar-refractivity contribution in [2.75, 3.05) is 5.75 Å². The van der Waals surface area contributed by atoms with E-state index in [4.69, 9.17) is 27.7 Å². The van der Waals surface area contributed by atoms with Crippen LogP contribution in [-0.4, -0.2) is 44.0 Å². The minimum Gasteiger partial charge on any atom is -0.341 e. The largest absolute Gasteiger partial charge is 0.341 e. The van der Waals surface area contributed by atoms with Gasteiger partial charge in [-0.15, -0.1) is 11.8 Å².